The van der Waals surface area contributed by atoms with Crippen LogP contribution in [0.2, 0.25) is 13.1 Å². The maximum absolute atomic E-state index is 11.6. The summed E-state index contributed by atoms with van der Waals surface area (Å²) in [5.41, 5.74) is 0. The molecule has 0 amide bonds. The van der Waals surface area contributed by atoms with Crippen molar-refractivity contribution in [3.63, 3.8) is 0 Å². The lowest BCUT2D eigenvalue weighted by molar-refractivity contribution is -0.135. The van der Waals surface area contributed by atoms with Crippen LogP contribution in [-0.2, 0) is 9.22 Å². The zero-order valence-electron chi connectivity index (χ0n) is 12.3. The highest BCUT2D eigenvalue weighted by Crippen LogP contribution is 2.12. The van der Waals surface area contributed by atoms with Gasteiger partial charge in [0.05, 0.1) is 0 Å². The lowest BCUT2D eigenvalue weighted by Crippen LogP contribution is -2.35. The summed E-state index contributed by atoms with van der Waals surface area (Å²) >= 11 is 3.41. The molecule has 0 saturated heterocycles. The predicted molar refractivity (Wildman–Crippen MR) is 84.6 cm³/mol. The molecule has 0 aliphatic carbocycles. The molecular weight excluding hydrogens is 308 g/mol. The minimum Gasteiger partial charge on any atom is -0.519 e. The summed E-state index contributed by atoms with van der Waals surface area (Å²) < 4.78 is 5.50. The standard InChI is InChI=1S/C14H29BrO2Si/c1-4-5-6-7-8-9-10-11-12-14(16)17-18(2,3)13-15/h4-13H2,1-3H3. The Kier molecular flexibility index (Phi) is 11.1. The fourth-order valence-corrected chi connectivity index (χ4v) is 2.91. The molecule has 0 aliphatic rings. The highest BCUT2D eigenvalue weighted by atomic mass is 79.9. The van der Waals surface area contributed by atoms with E-state index in [1.54, 1.807) is 0 Å². The van der Waals surface area contributed by atoms with Gasteiger partial charge in [0.1, 0.15) is 0 Å². The molecule has 0 heterocycles. The van der Waals surface area contributed by atoms with Gasteiger partial charge in [-0.05, 0) is 19.5 Å². The molecule has 0 N–H and O–H groups in total. The second-order valence-corrected chi connectivity index (χ2v) is 11.3. The first-order valence-electron chi connectivity index (χ1n) is 7.29. The normalized spacial score (nSPS) is 11.6. The van der Waals surface area contributed by atoms with Crippen LogP contribution in [0.1, 0.15) is 64.7 Å². The highest BCUT2D eigenvalue weighted by Gasteiger charge is 2.24. The minimum absolute atomic E-state index is 0.00269. The molecule has 0 bridgehead atoms. The zero-order chi connectivity index (χ0) is 13.9. The fourth-order valence-electron chi connectivity index (χ4n) is 1.79. The Morgan fingerprint density at radius 2 is 1.50 bits per heavy atom. The van der Waals surface area contributed by atoms with E-state index in [2.05, 4.69) is 35.9 Å². The second kappa shape index (κ2) is 11.0. The van der Waals surface area contributed by atoms with E-state index in [1.165, 1.54) is 38.5 Å². The Hall–Kier alpha value is 0.167. The second-order valence-electron chi connectivity index (χ2n) is 5.59. The molecule has 0 saturated carbocycles. The Bertz CT molecular complexity index is 220. The summed E-state index contributed by atoms with van der Waals surface area (Å²) in [7, 11) is -1.76. The topological polar surface area (TPSA) is 26.3 Å². The smallest absolute Gasteiger partial charge is 0.292 e. The van der Waals surface area contributed by atoms with Crippen molar-refractivity contribution in [1.29, 1.82) is 0 Å². The summed E-state index contributed by atoms with van der Waals surface area (Å²) in [4.78, 5) is 12.4. The van der Waals surface area contributed by atoms with E-state index in [0.29, 0.717) is 6.42 Å². The Morgan fingerprint density at radius 3 is 2.00 bits per heavy atom. The van der Waals surface area contributed by atoms with E-state index in [1.807, 2.05) is 0 Å². The highest BCUT2D eigenvalue weighted by molar-refractivity contribution is 9.09. The van der Waals surface area contributed by atoms with E-state index in [-0.39, 0.29) is 5.97 Å². The lowest BCUT2D eigenvalue weighted by atomic mass is 10.1. The van der Waals surface area contributed by atoms with Crippen LogP contribution in [0.5, 0.6) is 0 Å². The van der Waals surface area contributed by atoms with Crippen molar-refractivity contribution in [1.82, 2.24) is 0 Å². The van der Waals surface area contributed by atoms with Crippen LogP contribution in [0, 0.1) is 0 Å². The third kappa shape index (κ3) is 11.3. The molecule has 0 aromatic heterocycles. The van der Waals surface area contributed by atoms with E-state index < -0.39 is 8.32 Å². The van der Waals surface area contributed by atoms with Gasteiger partial charge in [-0.25, -0.2) is 0 Å². The summed E-state index contributed by atoms with van der Waals surface area (Å²) in [5, 5.41) is 0. The Morgan fingerprint density at radius 1 is 1.00 bits per heavy atom. The van der Waals surface area contributed by atoms with Crippen LogP contribution in [0.25, 0.3) is 0 Å². The molecule has 0 aliphatic heterocycles. The molecule has 0 fully saturated rings. The van der Waals surface area contributed by atoms with Crippen molar-refractivity contribution >= 4 is 30.2 Å². The Labute approximate surface area is 122 Å². The van der Waals surface area contributed by atoms with Gasteiger partial charge >= 0.3 is 0 Å². The molecule has 0 aromatic carbocycles. The number of hydrogen-bond donors (Lipinski definition) is 0. The van der Waals surface area contributed by atoms with Gasteiger partial charge in [-0.3, -0.25) is 4.79 Å². The number of hydrogen-bond acceptors (Lipinski definition) is 2. The van der Waals surface area contributed by atoms with Crippen molar-refractivity contribution < 1.29 is 9.22 Å². The average molecular weight is 337 g/mol. The van der Waals surface area contributed by atoms with Gasteiger partial charge < -0.3 is 4.43 Å². The maximum atomic E-state index is 11.6. The van der Waals surface area contributed by atoms with Crippen molar-refractivity contribution in [2.24, 2.45) is 0 Å². The number of alkyl halides is 1. The van der Waals surface area contributed by atoms with E-state index in [9.17, 15) is 4.79 Å². The van der Waals surface area contributed by atoms with Crippen LogP contribution in [-0.4, -0.2) is 19.2 Å². The van der Waals surface area contributed by atoms with Crippen molar-refractivity contribution in [2.45, 2.75) is 77.8 Å². The van der Waals surface area contributed by atoms with Crippen molar-refractivity contribution in [3.8, 4) is 0 Å². The molecule has 2 nitrogen and oxygen atoms in total. The molecule has 0 atom stereocenters. The maximum Gasteiger partial charge on any atom is 0.292 e. The van der Waals surface area contributed by atoms with E-state index >= 15 is 0 Å². The molecule has 0 spiro atoms. The SMILES string of the molecule is CCCCCCCCCCC(=O)O[Si](C)(C)CBr. The van der Waals surface area contributed by atoms with Gasteiger partial charge in [0.15, 0.2) is 0 Å². The summed E-state index contributed by atoms with van der Waals surface area (Å²) in [6.45, 7) is 6.37. The predicted octanol–water partition coefficient (Wildman–Crippen LogP) is 5.20. The first kappa shape index (κ1) is 18.2. The van der Waals surface area contributed by atoms with Crippen molar-refractivity contribution in [2.75, 3.05) is 4.95 Å². The first-order valence-corrected chi connectivity index (χ1v) is 11.5. The summed E-state index contributed by atoms with van der Waals surface area (Å²) in [5.74, 6) is -0.00269. The average Bonchev–Trinajstić information content (AvgIpc) is 2.32. The monoisotopic (exact) mass is 336 g/mol. The van der Waals surface area contributed by atoms with Crippen LogP contribution in [0.4, 0.5) is 0 Å². The van der Waals surface area contributed by atoms with Gasteiger partial charge in [-0.15, -0.1) is 0 Å². The largest absolute Gasteiger partial charge is 0.519 e. The number of carbonyl (C=O) groups excluding carboxylic acids is 1. The fraction of sp³-hybridized carbons (Fsp3) is 0.929. The molecule has 0 unspecified atom stereocenters. The van der Waals surface area contributed by atoms with Gasteiger partial charge in [0, 0.05) is 11.4 Å². The molecule has 0 aromatic rings. The Balaban J connectivity index is 3.36. The van der Waals surface area contributed by atoms with Crippen molar-refractivity contribution in [3.05, 3.63) is 0 Å². The quantitative estimate of drug-likeness (QED) is 0.294. The van der Waals surface area contributed by atoms with Crippen LogP contribution in [0.3, 0.4) is 0 Å². The first-order chi connectivity index (χ1) is 8.52. The molecule has 0 radical (unpaired) electrons. The van der Waals surface area contributed by atoms with Crippen LogP contribution in [0.15, 0.2) is 0 Å². The number of carbonyl (C=O) groups is 1. The number of halogens is 1. The summed E-state index contributed by atoms with van der Waals surface area (Å²) in [6.07, 6.45) is 10.7. The molecular formula is C14H29BrO2Si. The minimum atomic E-state index is -1.76. The molecule has 108 valence electrons. The van der Waals surface area contributed by atoms with Gasteiger partial charge in [-0.2, -0.15) is 0 Å². The zero-order valence-corrected chi connectivity index (χ0v) is 14.9. The van der Waals surface area contributed by atoms with Crippen LogP contribution >= 0.6 is 15.9 Å². The van der Waals surface area contributed by atoms with Gasteiger partial charge in [0.25, 0.3) is 14.3 Å². The van der Waals surface area contributed by atoms with Gasteiger partial charge in [-0.1, -0.05) is 67.8 Å². The molecule has 0 rings (SSSR count). The lowest BCUT2D eigenvalue weighted by Gasteiger charge is -2.19. The van der Waals surface area contributed by atoms with E-state index in [0.717, 1.165) is 17.8 Å². The molecule has 4 heteroatoms. The summed E-state index contributed by atoms with van der Waals surface area (Å²) in [6, 6.07) is 0. The van der Waals surface area contributed by atoms with E-state index in [4.69, 9.17) is 4.43 Å². The third-order valence-corrected chi connectivity index (χ3v) is 8.42. The third-order valence-electron chi connectivity index (χ3n) is 2.95. The number of rotatable bonds is 11. The van der Waals surface area contributed by atoms with Gasteiger partial charge in [0.2, 0.25) is 0 Å². The van der Waals surface area contributed by atoms with Crippen LogP contribution < -0.4 is 0 Å². The number of unbranched alkanes of at least 4 members (excludes halogenated alkanes) is 7. The molecule has 18 heavy (non-hydrogen) atoms.